The second kappa shape index (κ2) is 2.37. The molecule has 1 aliphatic carbocycles. The Morgan fingerprint density at radius 1 is 0.900 bits per heavy atom. The first kappa shape index (κ1) is 5.83. The fourth-order valence-electron chi connectivity index (χ4n) is 1.28. The van der Waals surface area contributed by atoms with E-state index in [0.29, 0.717) is 12.1 Å². The van der Waals surface area contributed by atoms with Crippen molar-refractivity contribution in [1.82, 2.24) is 0 Å². The minimum Gasteiger partial charge on any atom is -0.186 e. The molecule has 0 saturated carbocycles. The van der Waals surface area contributed by atoms with E-state index in [9.17, 15) is 0 Å². The summed E-state index contributed by atoms with van der Waals surface area (Å²) in [6.45, 7) is 0. The smallest absolute Gasteiger partial charge is 0.0892 e. The standard InChI is InChI=1S/C8H10N2/c1-2-4-8-6-5-7(3-1)9-10-8/h1-4,7-8H,5-6H2. The van der Waals surface area contributed by atoms with Crippen LogP contribution >= 0.6 is 0 Å². The van der Waals surface area contributed by atoms with Crippen LogP contribution in [0.3, 0.4) is 0 Å². The maximum Gasteiger partial charge on any atom is 0.0892 e. The molecule has 3 rings (SSSR count). The summed E-state index contributed by atoms with van der Waals surface area (Å²) in [5.74, 6) is 0. The van der Waals surface area contributed by atoms with Crippen LogP contribution in [0.15, 0.2) is 34.5 Å². The van der Waals surface area contributed by atoms with Crippen LogP contribution in [0.1, 0.15) is 12.8 Å². The molecule has 0 aromatic rings. The Bertz CT molecular complexity index is 181. The van der Waals surface area contributed by atoms with Crippen molar-refractivity contribution in [2.45, 2.75) is 24.9 Å². The van der Waals surface area contributed by atoms with Crippen LogP contribution in [0, 0.1) is 0 Å². The lowest BCUT2D eigenvalue weighted by Crippen LogP contribution is -2.13. The monoisotopic (exact) mass is 134 g/mol. The maximum atomic E-state index is 4.14. The van der Waals surface area contributed by atoms with Crippen molar-refractivity contribution in [2.75, 3.05) is 0 Å². The van der Waals surface area contributed by atoms with Crippen LogP contribution in [0.25, 0.3) is 0 Å². The van der Waals surface area contributed by atoms with Crippen LogP contribution in [-0.2, 0) is 0 Å². The van der Waals surface area contributed by atoms with Crippen molar-refractivity contribution in [2.24, 2.45) is 10.2 Å². The van der Waals surface area contributed by atoms with Gasteiger partial charge in [0.05, 0.1) is 12.1 Å². The molecule has 2 atom stereocenters. The van der Waals surface area contributed by atoms with Gasteiger partial charge < -0.3 is 0 Å². The molecule has 0 amide bonds. The minimum absolute atomic E-state index is 0.362. The van der Waals surface area contributed by atoms with Gasteiger partial charge in [0.1, 0.15) is 0 Å². The quantitative estimate of drug-likeness (QED) is 0.484. The van der Waals surface area contributed by atoms with Crippen molar-refractivity contribution < 1.29 is 0 Å². The molecule has 2 unspecified atom stereocenters. The predicted molar refractivity (Wildman–Crippen MR) is 39.9 cm³/mol. The van der Waals surface area contributed by atoms with E-state index in [4.69, 9.17) is 0 Å². The van der Waals surface area contributed by atoms with Gasteiger partial charge in [0.25, 0.3) is 0 Å². The molecule has 52 valence electrons. The number of hydrogen-bond acceptors (Lipinski definition) is 2. The second-order valence-electron chi connectivity index (χ2n) is 2.71. The summed E-state index contributed by atoms with van der Waals surface area (Å²) in [6.07, 6.45) is 10.7. The molecule has 2 nitrogen and oxygen atoms in total. The molecule has 2 heterocycles. The zero-order valence-electron chi connectivity index (χ0n) is 5.77. The Balaban J connectivity index is 2.29. The topological polar surface area (TPSA) is 24.7 Å². The Hall–Kier alpha value is -0.920. The molecule has 2 aliphatic heterocycles. The summed E-state index contributed by atoms with van der Waals surface area (Å²) in [5, 5.41) is 8.28. The van der Waals surface area contributed by atoms with Gasteiger partial charge in [0.2, 0.25) is 0 Å². The summed E-state index contributed by atoms with van der Waals surface area (Å²) in [4.78, 5) is 0. The SMILES string of the molecule is C1=CC2CCC(C=C1)N=N2. The molecule has 0 aromatic heterocycles. The Morgan fingerprint density at radius 3 is 1.80 bits per heavy atom. The van der Waals surface area contributed by atoms with Crippen LogP contribution < -0.4 is 0 Å². The van der Waals surface area contributed by atoms with E-state index in [-0.39, 0.29) is 0 Å². The van der Waals surface area contributed by atoms with Crippen LogP contribution in [-0.4, -0.2) is 12.1 Å². The fraction of sp³-hybridized carbons (Fsp3) is 0.500. The van der Waals surface area contributed by atoms with E-state index >= 15 is 0 Å². The lowest BCUT2D eigenvalue weighted by molar-refractivity contribution is 0.520. The average Bonchev–Trinajstić information content (AvgIpc) is 1.89. The van der Waals surface area contributed by atoms with E-state index in [0.717, 1.165) is 12.8 Å². The second-order valence-corrected chi connectivity index (χ2v) is 2.71. The van der Waals surface area contributed by atoms with Crippen LogP contribution in [0.2, 0.25) is 0 Å². The first-order valence-electron chi connectivity index (χ1n) is 3.70. The summed E-state index contributed by atoms with van der Waals surface area (Å²) in [6, 6.07) is 0.724. The van der Waals surface area contributed by atoms with Gasteiger partial charge in [-0.3, -0.25) is 0 Å². The molecule has 0 spiro atoms. The highest BCUT2D eigenvalue weighted by atomic mass is 15.1. The maximum absolute atomic E-state index is 4.14. The lowest BCUT2D eigenvalue weighted by atomic mass is 10.0. The van der Waals surface area contributed by atoms with Crippen molar-refractivity contribution in [1.29, 1.82) is 0 Å². The van der Waals surface area contributed by atoms with Crippen molar-refractivity contribution in [3.63, 3.8) is 0 Å². The van der Waals surface area contributed by atoms with Gasteiger partial charge in [0, 0.05) is 0 Å². The number of rotatable bonds is 0. The third-order valence-electron chi connectivity index (χ3n) is 1.90. The van der Waals surface area contributed by atoms with E-state index in [2.05, 4.69) is 34.5 Å². The lowest BCUT2D eigenvalue weighted by Gasteiger charge is -2.17. The first-order valence-corrected chi connectivity index (χ1v) is 3.70. The molecule has 3 aliphatic rings. The van der Waals surface area contributed by atoms with Crippen molar-refractivity contribution >= 4 is 0 Å². The highest BCUT2D eigenvalue weighted by Crippen LogP contribution is 2.19. The molecule has 0 saturated heterocycles. The van der Waals surface area contributed by atoms with Crippen LogP contribution in [0.4, 0.5) is 0 Å². The number of fused-ring (bicyclic) bond motifs is 2. The van der Waals surface area contributed by atoms with Crippen molar-refractivity contribution in [3.05, 3.63) is 24.3 Å². The Labute approximate surface area is 60.3 Å². The molecular weight excluding hydrogens is 124 g/mol. The Morgan fingerprint density at radius 2 is 1.40 bits per heavy atom. The number of azo groups is 1. The highest BCUT2D eigenvalue weighted by Gasteiger charge is 2.14. The molecule has 10 heavy (non-hydrogen) atoms. The van der Waals surface area contributed by atoms with Crippen LogP contribution in [0.5, 0.6) is 0 Å². The van der Waals surface area contributed by atoms with E-state index < -0.39 is 0 Å². The molecule has 0 aromatic carbocycles. The zero-order chi connectivity index (χ0) is 6.81. The van der Waals surface area contributed by atoms with Crippen molar-refractivity contribution in [3.8, 4) is 0 Å². The largest absolute Gasteiger partial charge is 0.186 e. The third-order valence-corrected chi connectivity index (χ3v) is 1.90. The minimum atomic E-state index is 0.362. The van der Waals surface area contributed by atoms with Gasteiger partial charge in [-0.2, -0.15) is 10.2 Å². The molecule has 2 heteroatoms. The predicted octanol–water partition coefficient (Wildman–Crippen LogP) is 2.10. The molecule has 0 radical (unpaired) electrons. The number of nitrogens with zero attached hydrogens (tertiary/aromatic N) is 2. The zero-order valence-corrected chi connectivity index (χ0v) is 5.77. The highest BCUT2D eigenvalue weighted by molar-refractivity contribution is 5.13. The molecule has 0 fully saturated rings. The normalized spacial score (nSPS) is 36.0. The van der Waals surface area contributed by atoms with Gasteiger partial charge in [-0.25, -0.2) is 0 Å². The molecular formula is C8H10N2. The van der Waals surface area contributed by atoms with Gasteiger partial charge in [-0.1, -0.05) is 24.3 Å². The van der Waals surface area contributed by atoms with Gasteiger partial charge in [-0.05, 0) is 12.8 Å². The summed E-state index contributed by atoms with van der Waals surface area (Å²) in [5.41, 5.74) is 0. The summed E-state index contributed by atoms with van der Waals surface area (Å²) >= 11 is 0. The van der Waals surface area contributed by atoms with Gasteiger partial charge >= 0.3 is 0 Å². The van der Waals surface area contributed by atoms with Gasteiger partial charge in [0.15, 0.2) is 0 Å². The summed E-state index contributed by atoms with van der Waals surface area (Å²) < 4.78 is 0. The number of allylic oxidation sites excluding steroid dienone is 2. The molecule has 2 bridgehead atoms. The first-order chi connectivity index (χ1) is 4.95. The van der Waals surface area contributed by atoms with E-state index in [1.165, 1.54) is 0 Å². The third kappa shape index (κ3) is 1.01. The Kier molecular flexibility index (Phi) is 1.38. The number of hydrogen-bond donors (Lipinski definition) is 0. The molecule has 0 N–H and O–H groups in total. The average molecular weight is 134 g/mol. The van der Waals surface area contributed by atoms with E-state index in [1.807, 2.05) is 0 Å². The summed E-state index contributed by atoms with van der Waals surface area (Å²) in [7, 11) is 0. The van der Waals surface area contributed by atoms with E-state index in [1.54, 1.807) is 0 Å². The van der Waals surface area contributed by atoms with Gasteiger partial charge in [-0.15, -0.1) is 0 Å². The fourth-order valence-corrected chi connectivity index (χ4v) is 1.28.